The number of carbonyl (C=O) groups is 5. The first-order chi connectivity index (χ1) is 15.5. The highest BCUT2D eigenvalue weighted by Gasteiger charge is 2.30. The highest BCUT2D eigenvalue weighted by Crippen LogP contribution is 2.16. The lowest BCUT2D eigenvalue weighted by Crippen LogP contribution is -2.47. The highest BCUT2D eigenvalue weighted by atomic mass is 16.5. The standard InChI is InChI=1S/C14H22N2O7.C10H8/c1-7(2)9(4-12(15)19)14(22)16-10(5-13(20)21)11(18)6-23-8(3)17;1-2-6-10-8-4-3-7-9(10)5-1/h7,9-10H,4-6H2,1-3H3,(H2,15,19)(H,16,22)(H,20,21);1-8H. The Hall–Kier alpha value is -3.75. The van der Waals surface area contributed by atoms with Crippen molar-refractivity contribution in [3.05, 3.63) is 48.5 Å². The van der Waals surface area contributed by atoms with Crippen molar-refractivity contribution in [3.63, 3.8) is 0 Å². The first kappa shape index (κ1) is 27.3. The van der Waals surface area contributed by atoms with E-state index in [9.17, 15) is 24.0 Å². The van der Waals surface area contributed by atoms with Gasteiger partial charge in [0.2, 0.25) is 11.8 Å². The van der Waals surface area contributed by atoms with Gasteiger partial charge in [-0.25, -0.2) is 0 Å². The molecule has 2 rings (SSSR count). The average molecular weight is 459 g/mol. The summed E-state index contributed by atoms with van der Waals surface area (Å²) >= 11 is 0. The molecular weight excluding hydrogens is 428 g/mol. The van der Waals surface area contributed by atoms with Crippen molar-refractivity contribution in [2.45, 2.75) is 39.7 Å². The number of nitrogens with two attached hydrogens (primary N) is 1. The van der Waals surface area contributed by atoms with E-state index in [0.29, 0.717) is 0 Å². The SMILES string of the molecule is CC(=O)OCC(=O)C(CC(=O)O)NC(=O)C(CC(N)=O)C(C)C.c1ccc2ccccc2c1. The summed E-state index contributed by atoms with van der Waals surface area (Å²) in [5.41, 5.74) is 5.08. The van der Waals surface area contributed by atoms with Crippen molar-refractivity contribution in [2.24, 2.45) is 17.6 Å². The number of hydrogen-bond donors (Lipinski definition) is 3. The zero-order chi connectivity index (χ0) is 25.0. The van der Waals surface area contributed by atoms with Crippen molar-refractivity contribution in [1.29, 1.82) is 0 Å². The zero-order valence-electron chi connectivity index (χ0n) is 18.9. The molecule has 4 N–H and O–H groups in total. The number of amides is 2. The van der Waals surface area contributed by atoms with Crippen LogP contribution in [0.15, 0.2) is 48.5 Å². The number of primary amides is 1. The summed E-state index contributed by atoms with van der Waals surface area (Å²) in [6, 6.07) is 15.4. The molecule has 0 saturated heterocycles. The second-order valence-corrected chi connectivity index (χ2v) is 7.77. The van der Waals surface area contributed by atoms with Crippen LogP contribution >= 0.6 is 0 Å². The van der Waals surface area contributed by atoms with Gasteiger partial charge in [0.1, 0.15) is 6.04 Å². The van der Waals surface area contributed by atoms with Crippen LogP contribution in [0.2, 0.25) is 0 Å². The first-order valence-electron chi connectivity index (χ1n) is 10.4. The molecule has 0 aliphatic rings. The third-order valence-electron chi connectivity index (χ3n) is 4.72. The predicted octanol–water partition coefficient (Wildman–Crippen LogP) is 2.07. The van der Waals surface area contributed by atoms with Gasteiger partial charge >= 0.3 is 11.9 Å². The van der Waals surface area contributed by atoms with Gasteiger partial charge in [-0.1, -0.05) is 62.4 Å². The molecule has 178 valence electrons. The van der Waals surface area contributed by atoms with Gasteiger partial charge in [0.05, 0.1) is 6.42 Å². The second-order valence-electron chi connectivity index (χ2n) is 7.77. The van der Waals surface area contributed by atoms with E-state index in [2.05, 4.69) is 58.6 Å². The fourth-order valence-electron chi connectivity index (χ4n) is 2.95. The fourth-order valence-corrected chi connectivity index (χ4v) is 2.95. The maximum Gasteiger partial charge on any atom is 0.305 e. The predicted molar refractivity (Wildman–Crippen MR) is 122 cm³/mol. The van der Waals surface area contributed by atoms with E-state index in [0.717, 1.165) is 6.92 Å². The largest absolute Gasteiger partial charge is 0.481 e. The van der Waals surface area contributed by atoms with E-state index in [4.69, 9.17) is 10.8 Å². The van der Waals surface area contributed by atoms with E-state index < -0.39 is 54.5 Å². The Morgan fingerprint density at radius 2 is 1.42 bits per heavy atom. The van der Waals surface area contributed by atoms with E-state index in [1.165, 1.54) is 10.8 Å². The van der Waals surface area contributed by atoms with Crippen LogP contribution in [0.5, 0.6) is 0 Å². The van der Waals surface area contributed by atoms with Crippen LogP contribution in [0, 0.1) is 11.8 Å². The fraction of sp³-hybridized carbons (Fsp3) is 0.375. The molecule has 2 aromatic carbocycles. The Morgan fingerprint density at radius 1 is 0.939 bits per heavy atom. The minimum Gasteiger partial charge on any atom is -0.481 e. The van der Waals surface area contributed by atoms with E-state index >= 15 is 0 Å². The summed E-state index contributed by atoms with van der Waals surface area (Å²) < 4.78 is 4.51. The van der Waals surface area contributed by atoms with Crippen molar-refractivity contribution in [3.8, 4) is 0 Å². The zero-order valence-corrected chi connectivity index (χ0v) is 18.9. The monoisotopic (exact) mass is 458 g/mol. The number of ether oxygens (including phenoxy) is 1. The average Bonchev–Trinajstić information content (AvgIpc) is 2.75. The van der Waals surface area contributed by atoms with Crippen LogP contribution < -0.4 is 11.1 Å². The smallest absolute Gasteiger partial charge is 0.305 e. The van der Waals surface area contributed by atoms with Gasteiger partial charge in [0, 0.05) is 19.3 Å². The Labute approximate surface area is 192 Å². The normalized spacial score (nSPS) is 12.1. The summed E-state index contributed by atoms with van der Waals surface area (Å²) in [5, 5.41) is 13.7. The number of ketones is 1. The number of benzene rings is 2. The lowest BCUT2D eigenvalue weighted by molar-refractivity contribution is -0.147. The molecule has 2 aromatic rings. The molecule has 0 saturated carbocycles. The molecule has 0 spiro atoms. The topological polar surface area (TPSA) is 153 Å². The molecule has 0 radical (unpaired) electrons. The molecule has 9 nitrogen and oxygen atoms in total. The summed E-state index contributed by atoms with van der Waals surface area (Å²) in [6.07, 6.45) is -0.880. The Bertz CT molecular complexity index is 922. The number of esters is 1. The van der Waals surface area contributed by atoms with E-state index in [1.54, 1.807) is 13.8 Å². The number of hydrogen-bond acceptors (Lipinski definition) is 6. The molecule has 0 aliphatic heterocycles. The Kier molecular flexibility index (Phi) is 11.3. The van der Waals surface area contributed by atoms with Crippen LogP contribution in [-0.4, -0.2) is 47.3 Å². The van der Waals surface area contributed by atoms with Gasteiger partial charge in [0.15, 0.2) is 12.4 Å². The minimum absolute atomic E-state index is 0.221. The quantitative estimate of drug-likeness (QED) is 0.461. The van der Waals surface area contributed by atoms with Gasteiger partial charge in [-0.3, -0.25) is 24.0 Å². The van der Waals surface area contributed by atoms with Gasteiger partial charge in [-0.05, 0) is 16.7 Å². The van der Waals surface area contributed by atoms with Gasteiger partial charge in [-0.2, -0.15) is 0 Å². The molecular formula is C24H30N2O7. The van der Waals surface area contributed by atoms with Crippen LogP contribution in [0.1, 0.15) is 33.6 Å². The van der Waals surface area contributed by atoms with Crippen LogP contribution in [0.25, 0.3) is 10.8 Å². The lowest BCUT2D eigenvalue weighted by Gasteiger charge is -2.22. The molecule has 0 aromatic heterocycles. The van der Waals surface area contributed by atoms with Crippen molar-refractivity contribution < 1.29 is 33.8 Å². The van der Waals surface area contributed by atoms with Gasteiger partial charge in [0.25, 0.3) is 0 Å². The van der Waals surface area contributed by atoms with E-state index in [-0.39, 0.29) is 12.3 Å². The number of Topliss-reactive ketones (excluding diaryl/α,β-unsaturated/α-hetero) is 1. The van der Waals surface area contributed by atoms with E-state index in [1.807, 2.05) is 0 Å². The minimum atomic E-state index is -1.35. The number of carboxylic acids is 1. The number of rotatable bonds is 10. The summed E-state index contributed by atoms with van der Waals surface area (Å²) in [4.78, 5) is 56.6. The summed E-state index contributed by atoms with van der Waals surface area (Å²) in [5.74, 6) is -5.12. The van der Waals surface area contributed by atoms with Gasteiger partial charge in [-0.15, -0.1) is 0 Å². The highest BCUT2D eigenvalue weighted by molar-refractivity contribution is 5.94. The number of fused-ring (bicyclic) bond motifs is 1. The number of carboxylic acid groups (broad SMARTS) is 1. The molecule has 2 unspecified atom stereocenters. The molecule has 2 amide bonds. The van der Waals surface area contributed by atoms with Crippen LogP contribution in [-0.2, 0) is 28.7 Å². The van der Waals surface area contributed by atoms with Gasteiger partial charge < -0.3 is 20.9 Å². The van der Waals surface area contributed by atoms with Crippen LogP contribution in [0.4, 0.5) is 0 Å². The van der Waals surface area contributed by atoms with Crippen molar-refractivity contribution >= 4 is 40.3 Å². The maximum atomic E-state index is 12.2. The number of aliphatic carboxylic acids is 1. The first-order valence-corrected chi connectivity index (χ1v) is 10.4. The Balaban J connectivity index is 0.000000442. The summed E-state index contributed by atoms with van der Waals surface area (Å²) in [7, 11) is 0. The maximum absolute atomic E-state index is 12.2. The molecule has 0 bridgehead atoms. The van der Waals surface area contributed by atoms with Crippen molar-refractivity contribution in [1.82, 2.24) is 5.32 Å². The molecule has 9 heteroatoms. The van der Waals surface area contributed by atoms with Crippen molar-refractivity contribution in [2.75, 3.05) is 6.61 Å². The molecule has 0 aliphatic carbocycles. The third-order valence-corrected chi connectivity index (χ3v) is 4.72. The number of nitrogens with one attached hydrogen (secondary N) is 1. The second kappa shape index (κ2) is 13.6. The molecule has 33 heavy (non-hydrogen) atoms. The summed E-state index contributed by atoms with van der Waals surface area (Å²) in [6.45, 7) is 3.84. The molecule has 0 fully saturated rings. The number of carbonyl (C=O) groups excluding carboxylic acids is 4. The Morgan fingerprint density at radius 3 is 1.79 bits per heavy atom. The lowest BCUT2D eigenvalue weighted by atomic mass is 9.90. The molecule has 2 atom stereocenters. The van der Waals surface area contributed by atoms with Crippen LogP contribution in [0.3, 0.4) is 0 Å². The third kappa shape index (κ3) is 10.4. The molecule has 0 heterocycles.